The van der Waals surface area contributed by atoms with Crippen LogP contribution in [0.4, 0.5) is 23.0 Å². The Kier molecular flexibility index (Phi) is 12.2. The number of rotatable bonds is 16. The number of para-hydroxylation sites is 1. The summed E-state index contributed by atoms with van der Waals surface area (Å²) < 4.78 is 6.05. The fourth-order valence-corrected chi connectivity index (χ4v) is 4.87. The van der Waals surface area contributed by atoms with Gasteiger partial charge in [-0.1, -0.05) is 35.3 Å². The number of carbonyl (C=O) groups is 2. The van der Waals surface area contributed by atoms with Crippen LogP contribution in [-0.2, 0) is 11.3 Å². The summed E-state index contributed by atoms with van der Waals surface area (Å²) >= 11 is 12.5. The van der Waals surface area contributed by atoms with E-state index in [4.69, 9.17) is 44.8 Å². The third-order valence-corrected chi connectivity index (χ3v) is 7.31. The number of nitrogens with two attached hydrogens (primary N) is 3. The van der Waals surface area contributed by atoms with Crippen molar-refractivity contribution in [1.82, 2.24) is 15.3 Å². The van der Waals surface area contributed by atoms with Gasteiger partial charge in [-0.25, -0.2) is 14.8 Å². The Morgan fingerprint density at radius 1 is 1.02 bits per heavy atom. The number of aromatic carboxylic acids is 1. The topological polar surface area (TPSA) is 232 Å². The second-order valence-electron chi connectivity index (χ2n) is 10.3. The molecule has 1 amide bonds. The van der Waals surface area contributed by atoms with Gasteiger partial charge < -0.3 is 48.0 Å². The van der Waals surface area contributed by atoms with E-state index in [1.165, 1.54) is 6.07 Å². The number of carboxylic acid groups (broad SMARTS) is 1. The summed E-state index contributed by atoms with van der Waals surface area (Å²) in [5, 5.41) is 23.2. The first-order valence-electron chi connectivity index (χ1n) is 14.6. The highest BCUT2D eigenvalue weighted by Gasteiger charge is 2.18. The molecule has 0 fully saturated rings. The van der Waals surface area contributed by atoms with Gasteiger partial charge in [0.05, 0.1) is 28.9 Å². The molecule has 2 aromatic heterocycles. The smallest absolute Gasteiger partial charge is 0.337 e. The summed E-state index contributed by atoms with van der Waals surface area (Å²) in [4.78, 5) is 37.4. The second-order valence-corrected chi connectivity index (χ2v) is 11.2. The lowest BCUT2D eigenvalue weighted by Crippen LogP contribution is -2.42. The predicted octanol–water partition coefficient (Wildman–Crippen LogP) is 4.31. The zero-order valence-corrected chi connectivity index (χ0v) is 27.0. The van der Waals surface area contributed by atoms with E-state index < -0.39 is 12.0 Å². The Bertz CT molecular complexity index is 1740. The Morgan fingerprint density at radius 2 is 1.79 bits per heavy atom. The molecule has 0 bridgehead atoms. The van der Waals surface area contributed by atoms with Gasteiger partial charge >= 0.3 is 5.97 Å². The Balaban J connectivity index is 1.51. The zero-order chi connectivity index (χ0) is 33.9. The number of guanidine groups is 1. The van der Waals surface area contributed by atoms with Crippen molar-refractivity contribution in [2.24, 2.45) is 22.2 Å². The third-order valence-electron chi connectivity index (χ3n) is 6.75. The van der Waals surface area contributed by atoms with Gasteiger partial charge in [0, 0.05) is 30.2 Å². The third kappa shape index (κ3) is 9.97. The lowest BCUT2D eigenvalue weighted by atomic mass is 10.1. The molecule has 248 valence electrons. The molecule has 14 nitrogen and oxygen atoms in total. The minimum absolute atomic E-state index is 0.0104. The number of aryl methyl sites for hydroxylation is 1. The van der Waals surface area contributed by atoms with Crippen molar-refractivity contribution in [2.75, 3.05) is 35.6 Å². The average molecular weight is 684 g/mol. The molecule has 0 aliphatic heterocycles. The molecule has 16 heteroatoms. The maximum absolute atomic E-state index is 12.5. The van der Waals surface area contributed by atoms with Crippen molar-refractivity contribution in [2.45, 2.75) is 32.4 Å². The minimum Gasteiger partial charge on any atom is -0.478 e. The number of benzene rings is 2. The fraction of sp³-hybridized carbons (Fsp3) is 0.258. The second kappa shape index (κ2) is 16.5. The predicted molar refractivity (Wildman–Crippen MR) is 184 cm³/mol. The zero-order valence-electron chi connectivity index (χ0n) is 25.5. The first-order valence-corrected chi connectivity index (χ1v) is 15.4. The number of carbonyl (C=O) groups excluding carboxylic acids is 1. The Labute approximate surface area is 281 Å². The molecule has 1 atom stereocenters. The van der Waals surface area contributed by atoms with Gasteiger partial charge in [0.15, 0.2) is 17.6 Å². The number of nitrogens with one attached hydrogen (secondary N) is 4. The summed E-state index contributed by atoms with van der Waals surface area (Å²) in [6.07, 6.45) is 0.976. The molecule has 4 aromatic rings. The summed E-state index contributed by atoms with van der Waals surface area (Å²) in [5.41, 5.74) is 18.1. The Hall–Kier alpha value is -5.05. The SMILES string of the molecule is Cc1nc(NCCNC(=O)C(N)CCCN=C(N)N)c(NCc2ccc(-c3cc(Cl)ccc3Cl)o2)c(Nc2ccccc2C(=O)O)n1. The molecule has 0 aliphatic carbocycles. The van der Waals surface area contributed by atoms with E-state index in [1.54, 1.807) is 55.5 Å². The standard InChI is InChI=1S/C31H36Cl2N10O4/c1-17-41-27(37-13-14-38-29(44)23(34)6-4-12-39-31(35)36)26(28(42-17)43-24-7-3-2-5-20(24)30(45)46)40-16-19-9-11-25(47-19)21-15-18(32)8-10-22(21)33/h2-3,5,7-11,15,23,40H,4,6,12-14,16,34H2,1H3,(H,38,44)(H,45,46)(H4,35,36,39)(H2,37,41,42,43). The van der Waals surface area contributed by atoms with Crippen LogP contribution in [-0.4, -0.2) is 58.6 Å². The maximum Gasteiger partial charge on any atom is 0.337 e. The first-order chi connectivity index (χ1) is 22.5. The molecule has 0 aliphatic rings. The molecule has 2 aromatic carbocycles. The van der Waals surface area contributed by atoms with E-state index in [9.17, 15) is 14.7 Å². The number of nitrogens with zero attached hydrogens (tertiary/aromatic N) is 3. The van der Waals surface area contributed by atoms with Crippen LogP contribution in [0.2, 0.25) is 10.0 Å². The number of aromatic nitrogens is 2. The molecule has 0 saturated carbocycles. The maximum atomic E-state index is 12.5. The molecule has 2 heterocycles. The summed E-state index contributed by atoms with van der Waals surface area (Å²) in [5.74, 6) is 0.833. The van der Waals surface area contributed by atoms with Crippen molar-refractivity contribution in [3.63, 3.8) is 0 Å². The van der Waals surface area contributed by atoms with E-state index in [0.29, 0.717) is 81.9 Å². The number of hydrogen-bond donors (Lipinski definition) is 8. The van der Waals surface area contributed by atoms with Gasteiger partial charge in [-0.05, 0) is 62.2 Å². The van der Waals surface area contributed by atoms with Crippen LogP contribution in [0.15, 0.2) is 64.0 Å². The van der Waals surface area contributed by atoms with E-state index >= 15 is 0 Å². The van der Waals surface area contributed by atoms with E-state index in [-0.39, 0.29) is 30.5 Å². The van der Waals surface area contributed by atoms with Crippen LogP contribution in [0, 0.1) is 6.92 Å². The lowest BCUT2D eigenvalue weighted by molar-refractivity contribution is -0.122. The quantitative estimate of drug-likeness (QED) is 0.0469. The lowest BCUT2D eigenvalue weighted by Gasteiger charge is -2.19. The number of carboxylic acids is 1. The molecule has 4 rings (SSSR count). The summed E-state index contributed by atoms with van der Waals surface area (Å²) in [6, 6.07) is 14.5. The van der Waals surface area contributed by atoms with Crippen LogP contribution in [0.5, 0.6) is 0 Å². The number of halogens is 2. The molecule has 47 heavy (non-hydrogen) atoms. The fourth-order valence-electron chi connectivity index (χ4n) is 4.49. The number of amides is 1. The van der Waals surface area contributed by atoms with Crippen LogP contribution in [0.3, 0.4) is 0 Å². The highest BCUT2D eigenvalue weighted by atomic mass is 35.5. The van der Waals surface area contributed by atoms with Crippen molar-refractivity contribution < 1.29 is 19.1 Å². The number of hydrogen-bond acceptors (Lipinski definition) is 10. The molecule has 11 N–H and O–H groups in total. The molecular formula is C31H36Cl2N10O4. The van der Waals surface area contributed by atoms with Gasteiger partial charge in [-0.3, -0.25) is 9.79 Å². The largest absolute Gasteiger partial charge is 0.478 e. The van der Waals surface area contributed by atoms with Gasteiger partial charge in [0.2, 0.25) is 5.91 Å². The van der Waals surface area contributed by atoms with Crippen molar-refractivity contribution in [1.29, 1.82) is 0 Å². The summed E-state index contributed by atoms with van der Waals surface area (Å²) in [6.45, 7) is 2.84. The van der Waals surface area contributed by atoms with Crippen molar-refractivity contribution >= 4 is 64.0 Å². The molecule has 1 unspecified atom stereocenters. The van der Waals surface area contributed by atoms with Gasteiger partial charge in [-0.15, -0.1) is 0 Å². The van der Waals surface area contributed by atoms with Crippen LogP contribution >= 0.6 is 23.2 Å². The molecular weight excluding hydrogens is 647 g/mol. The van der Waals surface area contributed by atoms with Crippen molar-refractivity contribution in [3.05, 3.63) is 81.8 Å². The van der Waals surface area contributed by atoms with E-state index in [1.807, 2.05) is 0 Å². The summed E-state index contributed by atoms with van der Waals surface area (Å²) in [7, 11) is 0. The minimum atomic E-state index is -1.10. The van der Waals surface area contributed by atoms with Gasteiger partial charge in [0.25, 0.3) is 0 Å². The number of aliphatic imine (C=N–C) groups is 1. The van der Waals surface area contributed by atoms with Crippen LogP contribution < -0.4 is 38.5 Å². The highest BCUT2D eigenvalue weighted by molar-refractivity contribution is 6.35. The Morgan fingerprint density at radius 3 is 2.55 bits per heavy atom. The highest BCUT2D eigenvalue weighted by Crippen LogP contribution is 2.34. The van der Waals surface area contributed by atoms with Gasteiger partial charge in [-0.2, -0.15) is 0 Å². The van der Waals surface area contributed by atoms with Crippen molar-refractivity contribution in [3.8, 4) is 11.3 Å². The van der Waals surface area contributed by atoms with E-state index in [0.717, 1.165) is 0 Å². The van der Waals surface area contributed by atoms with E-state index in [2.05, 4.69) is 36.2 Å². The monoisotopic (exact) mass is 682 g/mol. The molecule has 0 saturated heterocycles. The van der Waals surface area contributed by atoms with Crippen LogP contribution in [0.25, 0.3) is 11.3 Å². The number of furan rings is 1. The molecule has 0 radical (unpaired) electrons. The normalized spacial score (nSPS) is 11.4. The number of anilines is 4. The average Bonchev–Trinajstić information content (AvgIpc) is 3.50. The molecule has 0 spiro atoms. The van der Waals surface area contributed by atoms with Crippen LogP contribution in [0.1, 0.15) is 34.8 Å². The van der Waals surface area contributed by atoms with Gasteiger partial charge in [0.1, 0.15) is 23.0 Å². The first kappa shape index (κ1) is 34.8.